The maximum absolute atomic E-state index is 11.6. The summed E-state index contributed by atoms with van der Waals surface area (Å²) in [6.45, 7) is 3.85. The number of benzene rings is 1. The van der Waals surface area contributed by atoms with Crippen LogP contribution in [0.2, 0.25) is 0 Å². The van der Waals surface area contributed by atoms with Crippen molar-refractivity contribution in [2.45, 2.75) is 31.6 Å². The molecule has 0 fully saturated rings. The second kappa shape index (κ2) is 4.45. The van der Waals surface area contributed by atoms with Crippen LogP contribution in [0.15, 0.2) is 48.2 Å². The van der Waals surface area contributed by atoms with Crippen LogP contribution in [-0.2, 0) is 11.2 Å². The third-order valence-corrected chi connectivity index (χ3v) is 3.89. The molecule has 0 aromatic heterocycles. The predicted molar refractivity (Wildman–Crippen MR) is 72.1 cm³/mol. The molecule has 0 radical (unpaired) electrons. The van der Waals surface area contributed by atoms with Crippen LogP contribution in [0.4, 0.5) is 0 Å². The largest absolute Gasteiger partial charge is 0.329 e. The highest BCUT2D eigenvalue weighted by Crippen LogP contribution is 2.39. The molecule has 2 nitrogen and oxygen atoms in total. The van der Waals surface area contributed by atoms with Crippen LogP contribution >= 0.6 is 0 Å². The SMILES string of the molecule is C=CCC1C2=C(CCC(=O)N2)Cc2ccccc21. The summed E-state index contributed by atoms with van der Waals surface area (Å²) in [7, 11) is 0. The number of fused-ring (bicyclic) bond motifs is 1. The number of carbonyl (C=O) groups is 1. The van der Waals surface area contributed by atoms with Crippen molar-refractivity contribution in [3.05, 3.63) is 59.3 Å². The second-order valence-corrected chi connectivity index (χ2v) is 5.02. The summed E-state index contributed by atoms with van der Waals surface area (Å²) in [6.07, 6.45) is 5.35. The molecule has 1 N–H and O–H groups in total. The highest BCUT2D eigenvalue weighted by atomic mass is 16.1. The third-order valence-electron chi connectivity index (χ3n) is 3.89. The average molecular weight is 239 g/mol. The Kier molecular flexibility index (Phi) is 2.78. The van der Waals surface area contributed by atoms with E-state index in [1.165, 1.54) is 16.7 Å². The molecule has 3 rings (SSSR count). The summed E-state index contributed by atoms with van der Waals surface area (Å²) >= 11 is 0. The Morgan fingerprint density at radius 2 is 2.17 bits per heavy atom. The van der Waals surface area contributed by atoms with E-state index in [2.05, 4.69) is 36.2 Å². The van der Waals surface area contributed by atoms with E-state index in [1.807, 2.05) is 6.08 Å². The van der Waals surface area contributed by atoms with Crippen LogP contribution in [0, 0.1) is 0 Å². The molecule has 2 heteroatoms. The molecular formula is C16H17NO. The quantitative estimate of drug-likeness (QED) is 0.790. The van der Waals surface area contributed by atoms with E-state index in [1.54, 1.807) is 0 Å². The molecule has 1 aliphatic heterocycles. The van der Waals surface area contributed by atoms with E-state index in [4.69, 9.17) is 0 Å². The van der Waals surface area contributed by atoms with Crippen molar-refractivity contribution < 1.29 is 4.79 Å². The van der Waals surface area contributed by atoms with Crippen LogP contribution in [0.5, 0.6) is 0 Å². The van der Waals surface area contributed by atoms with E-state index in [-0.39, 0.29) is 11.8 Å². The van der Waals surface area contributed by atoms with Crippen molar-refractivity contribution >= 4 is 5.91 Å². The lowest BCUT2D eigenvalue weighted by Gasteiger charge is -2.33. The van der Waals surface area contributed by atoms with E-state index >= 15 is 0 Å². The Morgan fingerprint density at radius 1 is 1.33 bits per heavy atom. The molecule has 0 saturated carbocycles. The Morgan fingerprint density at radius 3 is 3.00 bits per heavy atom. The summed E-state index contributed by atoms with van der Waals surface area (Å²) in [5.41, 5.74) is 5.29. The molecule has 1 aromatic rings. The smallest absolute Gasteiger partial charge is 0.224 e. The van der Waals surface area contributed by atoms with Gasteiger partial charge in [-0.05, 0) is 36.0 Å². The van der Waals surface area contributed by atoms with Crippen molar-refractivity contribution in [1.29, 1.82) is 0 Å². The van der Waals surface area contributed by atoms with Gasteiger partial charge in [-0.3, -0.25) is 4.79 Å². The molecule has 2 aliphatic rings. The molecule has 1 heterocycles. The zero-order valence-corrected chi connectivity index (χ0v) is 10.4. The predicted octanol–water partition coefficient (Wildman–Crippen LogP) is 3.07. The normalized spacial score (nSPS) is 22.0. The van der Waals surface area contributed by atoms with Crippen LogP contribution in [-0.4, -0.2) is 5.91 Å². The molecule has 0 saturated heterocycles. The Labute approximate surface area is 107 Å². The van der Waals surface area contributed by atoms with Crippen molar-refractivity contribution in [2.75, 3.05) is 0 Å². The Hall–Kier alpha value is -1.83. The van der Waals surface area contributed by atoms with Gasteiger partial charge >= 0.3 is 0 Å². The molecule has 92 valence electrons. The topological polar surface area (TPSA) is 29.1 Å². The second-order valence-electron chi connectivity index (χ2n) is 5.02. The lowest BCUT2D eigenvalue weighted by atomic mass is 9.77. The summed E-state index contributed by atoms with van der Waals surface area (Å²) in [5, 5.41) is 3.09. The fraction of sp³-hybridized carbons (Fsp3) is 0.312. The number of allylic oxidation sites excluding steroid dienone is 3. The van der Waals surface area contributed by atoms with Crippen LogP contribution in [0.1, 0.15) is 36.3 Å². The number of carbonyl (C=O) groups excluding carboxylic acids is 1. The van der Waals surface area contributed by atoms with Gasteiger partial charge in [0.1, 0.15) is 0 Å². The molecule has 1 aromatic carbocycles. The van der Waals surface area contributed by atoms with Crippen molar-refractivity contribution in [3.63, 3.8) is 0 Å². The standard InChI is InChI=1S/C16H17NO/c1-2-5-14-13-7-4-3-6-11(13)10-12-8-9-15(18)17-16(12)14/h2-4,6-7,14H,1,5,8-10H2,(H,17,18). The Bertz CT molecular complexity index is 542. The minimum atomic E-state index is 0.155. The molecule has 1 amide bonds. The maximum atomic E-state index is 11.6. The molecular weight excluding hydrogens is 222 g/mol. The van der Waals surface area contributed by atoms with E-state index in [0.717, 1.165) is 25.0 Å². The van der Waals surface area contributed by atoms with Gasteiger partial charge in [0.05, 0.1) is 0 Å². The monoisotopic (exact) mass is 239 g/mol. The zero-order chi connectivity index (χ0) is 12.5. The number of amides is 1. The van der Waals surface area contributed by atoms with Crippen LogP contribution < -0.4 is 5.32 Å². The first-order valence-corrected chi connectivity index (χ1v) is 6.50. The van der Waals surface area contributed by atoms with E-state index in [0.29, 0.717) is 6.42 Å². The summed E-state index contributed by atoms with van der Waals surface area (Å²) in [5.74, 6) is 0.439. The van der Waals surface area contributed by atoms with Crippen molar-refractivity contribution in [2.24, 2.45) is 0 Å². The first kappa shape index (κ1) is 11.3. The first-order chi connectivity index (χ1) is 8.79. The van der Waals surface area contributed by atoms with Gasteiger partial charge in [0, 0.05) is 18.0 Å². The van der Waals surface area contributed by atoms with Gasteiger partial charge < -0.3 is 5.32 Å². The molecule has 1 unspecified atom stereocenters. The lowest BCUT2D eigenvalue weighted by Crippen LogP contribution is -2.34. The minimum Gasteiger partial charge on any atom is -0.329 e. The zero-order valence-electron chi connectivity index (χ0n) is 10.4. The molecule has 0 spiro atoms. The molecule has 0 bridgehead atoms. The molecule has 1 aliphatic carbocycles. The highest BCUT2D eigenvalue weighted by molar-refractivity contribution is 5.80. The fourth-order valence-corrected chi connectivity index (χ4v) is 3.05. The van der Waals surface area contributed by atoms with Gasteiger partial charge in [-0.25, -0.2) is 0 Å². The van der Waals surface area contributed by atoms with Crippen LogP contribution in [0.3, 0.4) is 0 Å². The summed E-state index contributed by atoms with van der Waals surface area (Å²) in [4.78, 5) is 11.6. The van der Waals surface area contributed by atoms with Gasteiger partial charge in [-0.1, -0.05) is 30.3 Å². The van der Waals surface area contributed by atoms with Gasteiger partial charge in [-0.15, -0.1) is 6.58 Å². The van der Waals surface area contributed by atoms with E-state index in [9.17, 15) is 4.79 Å². The minimum absolute atomic E-state index is 0.155. The third kappa shape index (κ3) is 1.78. The molecule has 18 heavy (non-hydrogen) atoms. The number of hydrogen-bond acceptors (Lipinski definition) is 1. The summed E-state index contributed by atoms with van der Waals surface area (Å²) < 4.78 is 0. The average Bonchev–Trinajstić information content (AvgIpc) is 2.39. The van der Waals surface area contributed by atoms with Gasteiger partial charge in [0.25, 0.3) is 0 Å². The molecule has 1 atom stereocenters. The Balaban J connectivity index is 2.07. The number of nitrogens with one attached hydrogen (secondary N) is 1. The fourth-order valence-electron chi connectivity index (χ4n) is 3.05. The maximum Gasteiger partial charge on any atom is 0.224 e. The van der Waals surface area contributed by atoms with Crippen LogP contribution in [0.25, 0.3) is 0 Å². The van der Waals surface area contributed by atoms with Gasteiger partial charge in [-0.2, -0.15) is 0 Å². The number of rotatable bonds is 2. The summed E-state index contributed by atoms with van der Waals surface area (Å²) in [6, 6.07) is 8.54. The van der Waals surface area contributed by atoms with E-state index < -0.39 is 0 Å². The highest BCUT2D eigenvalue weighted by Gasteiger charge is 2.30. The van der Waals surface area contributed by atoms with Crippen molar-refractivity contribution in [1.82, 2.24) is 5.32 Å². The lowest BCUT2D eigenvalue weighted by molar-refractivity contribution is -0.120. The number of hydrogen-bond donors (Lipinski definition) is 1. The van der Waals surface area contributed by atoms with Crippen molar-refractivity contribution in [3.8, 4) is 0 Å². The van der Waals surface area contributed by atoms with Gasteiger partial charge in [0.15, 0.2) is 0 Å². The first-order valence-electron chi connectivity index (χ1n) is 6.50. The van der Waals surface area contributed by atoms with Gasteiger partial charge in [0.2, 0.25) is 5.91 Å².